The molecular weight excluding hydrogens is 524 g/mol. The van der Waals surface area contributed by atoms with Gasteiger partial charge in [-0.15, -0.1) is 0 Å². The molecule has 4 N–H and O–H groups in total. The Bertz CT molecular complexity index is 1180. The first-order chi connectivity index (χ1) is 19.0. The SMILES string of the molecule is CN1CCN(CCCCN2C(=O)CN(/N=C3\CCOc4ccc(C(N)=O)cc43)C2=O)CC1.O=C(O)/C=C/C(=O)O. The van der Waals surface area contributed by atoms with Crippen molar-refractivity contribution in [3.05, 3.63) is 41.5 Å². The molecule has 1 aromatic rings. The van der Waals surface area contributed by atoms with Crippen molar-refractivity contribution < 1.29 is 38.9 Å². The van der Waals surface area contributed by atoms with Crippen molar-refractivity contribution in [1.82, 2.24) is 19.7 Å². The molecule has 3 heterocycles. The van der Waals surface area contributed by atoms with Crippen molar-refractivity contribution in [3.63, 3.8) is 0 Å². The van der Waals surface area contributed by atoms with Gasteiger partial charge in [0.05, 0.1) is 12.3 Å². The molecule has 3 aliphatic heterocycles. The molecule has 40 heavy (non-hydrogen) atoms. The van der Waals surface area contributed by atoms with E-state index in [4.69, 9.17) is 20.7 Å². The van der Waals surface area contributed by atoms with Gasteiger partial charge in [-0.2, -0.15) is 5.10 Å². The molecule has 0 radical (unpaired) electrons. The predicted molar refractivity (Wildman–Crippen MR) is 143 cm³/mol. The molecule has 4 rings (SSSR count). The van der Waals surface area contributed by atoms with Gasteiger partial charge in [0.15, 0.2) is 0 Å². The number of primary amides is 1. The molecule has 0 unspecified atom stereocenters. The van der Waals surface area contributed by atoms with Crippen LogP contribution in [0.1, 0.15) is 35.2 Å². The van der Waals surface area contributed by atoms with Crippen LogP contribution in [0.15, 0.2) is 35.5 Å². The van der Waals surface area contributed by atoms with Gasteiger partial charge in [0.25, 0.3) is 5.91 Å². The van der Waals surface area contributed by atoms with Crippen LogP contribution in [-0.2, 0) is 14.4 Å². The van der Waals surface area contributed by atoms with Gasteiger partial charge in [-0.05, 0) is 44.6 Å². The Morgan fingerprint density at radius 3 is 2.30 bits per heavy atom. The predicted octanol–water partition coefficient (Wildman–Crippen LogP) is 0.276. The van der Waals surface area contributed by atoms with Gasteiger partial charge in [0.1, 0.15) is 12.3 Å². The molecule has 0 bridgehead atoms. The summed E-state index contributed by atoms with van der Waals surface area (Å²) in [4.78, 5) is 61.9. The first-order valence-corrected chi connectivity index (χ1v) is 12.9. The number of imide groups is 1. The van der Waals surface area contributed by atoms with Crippen LogP contribution in [-0.4, -0.2) is 125 Å². The van der Waals surface area contributed by atoms with Crippen LogP contribution >= 0.6 is 0 Å². The largest absolute Gasteiger partial charge is 0.492 e. The van der Waals surface area contributed by atoms with Crippen LogP contribution in [0, 0.1) is 0 Å². The van der Waals surface area contributed by atoms with Crippen molar-refractivity contribution in [1.29, 1.82) is 0 Å². The highest BCUT2D eigenvalue weighted by Gasteiger charge is 2.36. The van der Waals surface area contributed by atoms with E-state index in [9.17, 15) is 24.0 Å². The Labute approximate surface area is 231 Å². The third kappa shape index (κ3) is 8.61. The van der Waals surface area contributed by atoms with E-state index in [-0.39, 0.29) is 12.5 Å². The molecule has 0 spiro atoms. The summed E-state index contributed by atoms with van der Waals surface area (Å²) < 4.78 is 5.62. The Morgan fingerprint density at radius 2 is 1.68 bits per heavy atom. The second-order valence-corrected chi connectivity index (χ2v) is 9.47. The van der Waals surface area contributed by atoms with Gasteiger partial charge in [-0.1, -0.05) is 0 Å². The summed E-state index contributed by atoms with van der Waals surface area (Å²) in [6.07, 6.45) is 3.30. The van der Waals surface area contributed by atoms with E-state index in [1.165, 1.54) is 9.91 Å². The highest BCUT2D eigenvalue weighted by molar-refractivity contribution is 6.08. The number of benzene rings is 1. The molecule has 3 aliphatic rings. The number of carbonyl (C=O) groups excluding carboxylic acids is 3. The highest BCUT2D eigenvalue weighted by Crippen LogP contribution is 2.27. The number of carboxylic acids is 2. The lowest BCUT2D eigenvalue weighted by atomic mass is 10.0. The number of unbranched alkanes of at least 4 members (excludes halogenated alkanes) is 1. The molecule has 14 nitrogen and oxygen atoms in total. The van der Waals surface area contributed by atoms with Gasteiger partial charge in [0, 0.05) is 62.4 Å². The molecule has 1 aromatic carbocycles. The number of nitrogens with two attached hydrogens (primary N) is 1. The zero-order valence-electron chi connectivity index (χ0n) is 22.3. The maximum Gasteiger partial charge on any atom is 0.347 e. The first-order valence-electron chi connectivity index (χ1n) is 12.9. The van der Waals surface area contributed by atoms with E-state index in [0.29, 0.717) is 54.3 Å². The number of rotatable bonds is 9. The molecule has 0 aliphatic carbocycles. The quantitative estimate of drug-likeness (QED) is 0.216. The van der Waals surface area contributed by atoms with Crippen LogP contribution in [0.2, 0.25) is 0 Å². The van der Waals surface area contributed by atoms with Gasteiger partial charge >= 0.3 is 18.0 Å². The Hall–Kier alpha value is -4.30. The average Bonchev–Trinajstić information content (AvgIpc) is 3.18. The van der Waals surface area contributed by atoms with E-state index < -0.39 is 23.9 Å². The smallest absolute Gasteiger partial charge is 0.347 e. The maximum absolute atomic E-state index is 12.8. The van der Waals surface area contributed by atoms with Crippen LogP contribution in [0.5, 0.6) is 5.75 Å². The molecule has 0 atom stereocenters. The van der Waals surface area contributed by atoms with Crippen molar-refractivity contribution in [2.45, 2.75) is 19.3 Å². The monoisotopic (exact) mass is 558 g/mol. The summed E-state index contributed by atoms with van der Waals surface area (Å²) >= 11 is 0. The average molecular weight is 559 g/mol. The zero-order chi connectivity index (χ0) is 29.2. The first kappa shape index (κ1) is 30.2. The van der Waals surface area contributed by atoms with Crippen LogP contribution in [0.4, 0.5) is 4.79 Å². The van der Waals surface area contributed by atoms with E-state index in [0.717, 1.165) is 45.6 Å². The number of hydrogen-bond donors (Lipinski definition) is 3. The minimum absolute atomic E-state index is 0.0769. The number of nitrogens with zero attached hydrogens (tertiary/aromatic N) is 5. The number of ether oxygens (including phenoxy) is 1. The number of likely N-dealkylation sites (N-methyl/N-ethyl adjacent to an activating group) is 1. The molecule has 4 amide bonds. The van der Waals surface area contributed by atoms with E-state index >= 15 is 0 Å². The zero-order valence-corrected chi connectivity index (χ0v) is 22.3. The summed E-state index contributed by atoms with van der Waals surface area (Å²) in [5, 5.41) is 21.3. The Kier molecular flexibility index (Phi) is 10.7. The fourth-order valence-corrected chi connectivity index (χ4v) is 4.32. The lowest BCUT2D eigenvalue weighted by Gasteiger charge is -2.32. The van der Waals surface area contributed by atoms with Crippen molar-refractivity contribution in [2.24, 2.45) is 10.8 Å². The summed E-state index contributed by atoms with van der Waals surface area (Å²) in [6, 6.07) is 4.49. The third-order valence-corrected chi connectivity index (χ3v) is 6.52. The lowest BCUT2D eigenvalue weighted by molar-refractivity contribution is -0.134. The fraction of sp³-hybridized carbons (Fsp3) is 0.462. The number of hydrazone groups is 1. The minimum atomic E-state index is -1.26. The van der Waals surface area contributed by atoms with E-state index in [1.807, 2.05) is 0 Å². The summed E-state index contributed by atoms with van der Waals surface area (Å²) in [7, 11) is 2.13. The third-order valence-electron chi connectivity index (χ3n) is 6.52. The number of piperazine rings is 1. The molecule has 0 saturated carbocycles. The fourth-order valence-electron chi connectivity index (χ4n) is 4.32. The Balaban J connectivity index is 0.000000482. The summed E-state index contributed by atoms with van der Waals surface area (Å²) in [6.45, 7) is 5.99. The number of fused-ring (bicyclic) bond motifs is 1. The number of hydrogen-bond acceptors (Lipinski definition) is 9. The van der Waals surface area contributed by atoms with E-state index in [2.05, 4.69) is 21.9 Å². The second kappa shape index (κ2) is 14.2. The van der Waals surface area contributed by atoms with E-state index in [1.54, 1.807) is 18.2 Å². The van der Waals surface area contributed by atoms with Crippen molar-refractivity contribution in [3.8, 4) is 5.75 Å². The topological polar surface area (TPSA) is 186 Å². The standard InChI is InChI=1S/C22H30N6O4.C4H4O4/c1-25-9-11-26(12-10-25)7-2-3-8-27-20(29)15-28(22(27)31)24-18-6-13-32-19-5-4-16(21(23)30)14-17(18)19;5-3(6)1-2-4(7)8/h4-5,14H,2-3,6-13,15H2,1H3,(H2,23,30);1-2H,(H,5,6)(H,7,8)/b24-18+;2-1+. The molecule has 0 aromatic heterocycles. The Morgan fingerprint density at radius 1 is 1.02 bits per heavy atom. The molecule has 2 fully saturated rings. The lowest BCUT2D eigenvalue weighted by Crippen LogP contribution is -2.44. The molecular formula is C26H34N6O8. The summed E-state index contributed by atoms with van der Waals surface area (Å²) in [5.74, 6) is -2.72. The van der Waals surface area contributed by atoms with Crippen LogP contribution in [0.25, 0.3) is 0 Å². The van der Waals surface area contributed by atoms with Crippen molar-refractivity contribution in [2.75, 3.05) is 59.5 Å². The normalized spacial score (nSPS) is 18.9. The molecule has 216 valence electrons. The number of aliphatic carboxylic acids is 2. The second-order valence-electron chi connectivity index (χ2n) is 9.47. The van der Waals surface area contributed by atoms with Crippen LogP contribution in [0.3, 0.4) is 0 Å². The summed E-state index contributed by atoms with van der Waals surface area (Å²) in [5.41, 5.74) is 6.95. The van der Waals surface area contributed by atoms with Gasteiger partial charge < -0.3 is 30.5 Å². The van der Waals surface area contributed by atoms with Gasteiger partial charge in [0.2, 0.25) is 5.91 Å². The minimum Gasteiger partial charge on any atom is -0.492 e. The number of amides is 4. The number of urea groups is 1. The van der Waals surface area contributed by atoms with Crippen molar-refractivity contribution >= 4 is 35.5 Å². The van der Waals surface area contributed by atoms with Crippen LogP contribution < -0.4 is 10.5 Å². The molecule has 2 saturated heterocycles. The van der Waals surface area contributed by atoms with Gasteiger partial charge in [-0.25, -0.2) is 19.4 Å². The number of carbonyl (C=O) groups is 5. The highest BCUT2D eigenvalue weighted by atomic mass is 16.5. The number of carboxylic acid groups (broad SMARTS) is 2. The maximum atomic E-state index is 12.8. The van der Waals surface area contributed by atoms with Gasteiger partial charge in [-0.3, -0.25) is 14.5 Å². The molecule has 14 heteroatoms.